The molecule has 0 aliphatic carbocycles. The quantitative estimate of drug-likeness (QED) is 0.132. The first-order valence-corrected chi connectivity index (χ1v) is 14.8. The highest BCUT2D eigenvalue weighted by molar-refractivity contribution is 7.90. The van der Waals surface area contributed by atoms with Gasteiger partial charge in [-0.15, -0.1) is 13.2 Å². The van der Waals surface area contributed by atoms with Gasteiger partial charge in [0.15, 0.2) is 9.84 Å². The second-order valence-corrected chi connectivity index (χ2v) is 9.90. The summed E-state index contributed by atoms with van der Waals surface area (Å²) in [5.74, 6) is -3.80. The van der Waals surface area contributed by atoms with E-state index in [0.717, 1.165) is 13.2 Å². The summed E-state index contributed by atoms with van der Waals surface area (Å²) >= 11 is 0. The van der Waals surface area contributed by atoms with Crippen molar-refractivity contribution in [3.8, 4) is 0 Å². The topological polar surface area (TPSA) is 49.7 Å². The molecule has 39 heavy (non-hydrogen) atoms. The van der Waals surface area contributed by atoms with Crippen molar-refractivity contribution in [2.24, 2.45) is 5.10 Å². The van der Waals surface area contributed by atoms with Crippen molar-refractivity contribution in [3.63, 3.8) is 0 Å². The number of halogens is 3. The molecule has 0 bridgehead atoms. The van der Waals surface area contributed by atoms with Crippen molar-refractivity contribution in [3.05, 3.63) is 90.8 Å². The van der Waals surface area contributed by atoms with E-state index in [4.69, 9.17) is 0 Å². The lowest BCUT2D eigenvalue weighted by Crippen LogP contribution is -2.30. The molecule has 2 rings (SSSR count). The van der Waals surface area contributed by atoms with E-state index in [2.05, 4.69) is 18.3 Å². The fourth-order valence-corrected chi connectivity index (χ4v) is 3.89. The molecule has 0 radical (unpaired) electrons. The van der Waals surface area contributed by atoms with E-state index in [9.17, 15) is 21.6 Å². The molecule has 2 aromatic rings. The van der Waals surface area contributed by atoms with Crippen LogP contribution in [-0.2, 0) is 9.84 Å². The summed E-state index contributed by atoms with van der Waals surface area (Å²) in [6.07, 6.45) is 4.74. The molecule has 0 amide bonds. The largest absolute Gasteiger partial charge is 0.296 e. The van der Waals surface area contributed by atoms with Crippen molar-refractivity contribution < 1.29 is 21.6 Å². The average Bonchev–Trinajstić information content (AvgIpc) is 2.89. The highest BCUT2D eigenvalue weighted by Crippen LogP contribution is 2.36. The Morgan fingerprint density at radius 3 is 1.77 bits per heavy atom. The average molecular weight is 567 g/mol. The number of nitrogens with zero attached hydrogens (tertiary/aromatic N) is 2. The highest BCUT2D eigenvalue weighted by atomic mass is 32.2. The molecule has 218 valence electrons. The lowest BCUT2D eigenvalue weighted by Gasteiger charge is -2.24. The van der Waals surface area contributed by atoms with E-state index in [1.54, 1.807) is 31.3 Å². The third-order valence-corrected chi connectivity index (χ3v) is 5.86. The summed E-state index contributed by atoms with van der Waals surface area (Å²) in [6, 6.07) is 11.3. The predicted octanol–water partition coefficient (Wildman–Crippen LogP) is 8.92. The van der Waals surface area contributed by atoms with Crippen molar-refractivity contribution in [1.29, 1.82) is 0 Å². The van der Waals surface area contributed by atoms with Crippen LogP contribution in [0.25, 0.3) is 11.1 Å². The Hall–Kier alpha value is -3.13. The van der Waals surface area contributed by atoms with Gasteiger partial charge in [0.2, 0.25) is 0 Å². The maximum Gasteiger partial charge on any atom is 0.289 e. The number of sulfone groups is 1. The molecule has 0 saturated heterocycles. The molecular weight excluding hydrogens is 521 g/mol. The van der Waals surface area contributed by atoms with E-state index in [1.807, 2.05) is 41.5 Å². The molecule has 0 aromatic heterocycles. The minimum absolute atomic E-state index is 0.125. The molecule has 0 fully saturated rings. The van der Waals surface area contributed by atoms with Crippen molar-refractivity contribution in [1.82, 2.24) is 5.01 Å². The van der Waals surface area contributed by atoms with Crippen LogP contribution in [0, 0.1) is 5.82 Å². The monoisotopic (exact) mass is 566 g/mol. The standard InChI is InChI=1S/C24H27F3N2O2S.C3H6.2C2H6/c1-6-16-29(4)28-23(24(3,26)27)22(18-8-12-19(25)13-9-18)21(7-2)17-10-14-20(15-11-17)32(5,30)31;1-3-2;2*1-2/h6,8-15H,1,7,16H2,2-5H3;3H,1H2,2H3;2*1-2H3/b22-21+,28-23+;;;. The van der Waals surface area contributed by atoms with Gasteiger partial charge < -0.3 is 0 Å². The van der Waals surface area contributed by atoms with Crippen LogP contribution < -0.4 is 0 Å². The number of hydrogen-bond donors (Lipinski definition) is 0. The number of hydrogen-bond acceptors (Lipinski definition) is 4. The maximum absolute atomic E-state index is 14.9. The molecule has 8 heteroatoms. The minimum atomic E-state index is -3.41. The lowest BCUT2D eigenvalue weighted by molar-refractivity contribution is 0.0998. The highest BCUT2D eigenvalue weighted by Gasteiger charge is 2.35. The number of benzene rings is 2. The first kappa shape index (κ1) is 38.0. The normalized spacial score (nSPS) is 11.7. The molecule has 2 aromatic carbocycles. The fourth-order valence-electron chi connectivity index (χ4n) is 3.25. The van der Waals surface area contributed by atoms with Crippen LogP contribution in [0.1, 0.15) is 66.0 Å². The first-order valence-electron chi connectivity index (χ1n) is 13.0. The molecular formula is C31H45F3N2O2S. The Morgan fingerprint density at radius 1 is 0.974 bits per heavy atom. The SMILES string of the molecule is C=CC.C=CCN(C)/N=C(\C(=C(/CC)c1ccc(S(C)(=O)=O)cc1)c1ccc(F)cc1)C(C)(F)F.CC.CC. The Bertz CT molecular complexity index is 1160. The number of rotatable bonds is 9. The van der Waals surface area contributed by atoms with Crippen molar-refractivity contribution in [2.45, 2.75) is 65.7 Å². The molecule has 0 aliphatic heterocycles. The van der Waals surface area contributed by atoms with Crippen molar-refractivity contribution >= 4 is 26.7 Å². The van der Waals surface area contributed by atoms with Gasteiger partial charge in [0, 0.05) is 25.8 Å². The number of likely N-dealkylation sites (N-methyl/N-ethyl adjacent to an activating group) is 1. The van der Waals surface area contributed by atoms with Gasteiger partial charge >= 0.3 is 0 Å². The molecule has 4 nitrogen and oxygen atoms in total. The summed E-state index contributed by atoms with van der Waals surface area (Å²) in [4.78, 5) is 0.125. The van der Waals surface area contributed by atoms with Crippen LogP contribution in [0.2, 0.25) is 0 Å². The molecule has 0 atom stereocenters. The third-order valence-electron chi connectivity index (χ3n) is 4.74. The van der Waals surface area contributed by atoms with E-state index < -0.39 is 27.3 Å². The van der Waals surface area contributed by atoms with Crippen LogP contribution in [0.4, 0.5) is 13.2 Å². The first-order chi connectivity index (χ1) is 18.3. The zero-order valence-electron chi connectivity index (χ0n) is 24.9. The van der Waals surface area contributed by atoms with Crippen LogP contribution in [0.5, 0.6) is 0 Å². The van der Waals surface area contributed by atoms with Gasteiger partial charge in [-0.3, -0.25) is 5.01 Å². The summed E-state index contributed by atoms with van der Waals surface area (Å²) in [5.41, 5.74) is 1.18. The van der Waals surface area contributed by atoms with Gasteiger partial charge in [0.25, 0.3) is 5.92 Å². The zero-order valence-corrected chi connectivity index (χ0v) is 25.7. The van der Waals surface area contributed by atoms with Crippen LogP contribution >= 0.6 is 0 Å². The minimum Gasteiger partial charge on any atom is -0.296 e. The Balaban J connectivity index is 0. The van der Waals surface area contributed by atoms with E-state index >= 15 is 0 Å². The predicted molar refractivity (Wildman–Crippen MR) is 163 cm³/mol. The smallest absolute Gasteiger partial charge is 0.289 e. The van der Waals surface area contributed by atoms with Gasteiger partial charge in [-0.2, -0.15) is 13.9 Å². The molecule has 0 saturated carbocycles. The molecule has 0 heterocycles. The molecule has 0 aliphatic rings. The summed E-state index contributed by atoms with van der Waals surface area (Å²) in [7, 11) is -1.85. The Kier molecular flexibility index (Phi) is 18.5. The van der Waals surface area contributed by atoms with Gasteiger partial charge in [0.05, 0.1) is 11.4 Å². The second kappa shape index (κ2) is 19.0. The van der Waals surface area contributed by atoms with E-state index in [-0.39, 0.29) is 17.0 Å². The summed E-state index contributed by atoms with van der Waals surface area (Å²) in [5, 5.41) is 5.52. The Labute approximate surface area is 234 Å². The van der Waals surface area contributed by atoms with Gasteiger partial charge in [0.1, 0.15) is 11.5 Å². The molecule has 0 spiro atoms. The van der Waals surface area contributed by atoms with Crippen LogP contribution in [0.3, 0.4) is 0 Å². The number of allylic oxidation sites excluding steroid dienone is 3. The van der Waals surface area contributed by atoms with E-state index in [1.165, 1.54) is 41.4 Å². The Morgan fingerprint density at radius 2 is 1.41 bits per heavy atom. The number of alkyl halides is 2. The lowest BCUT2D eigenvalue weighted by atomic mass is 9.88. The zero-order chi connectivity index (χ0) is 30.8. The van der Waals surface area contributed by atoms with Crippen molar-refractivity contribution in [2.75, 3.05) is 19.8 Å². The van der Waals surface area contributed by atoms with Gasteiger partial charge in [-0.25, -0.2) is 12.8 Å². The van der Waals surface area contributed by atoms with Crippen LogP contribution in [0.15, 0.2) is 83.8 Å². The molecule has 0 unspecified atom stereocenters. The van der Waals surface area contributed by atoms with Gasteiger partial charge in [-0.05, 0) is 54.3 Å². The summed E-state index contributed by atoms with van der Waals surface area (Å²) < 4.78 is 66.9. The fraction of sp³-hybridized carbons (Fsp3) is 0.387. The molecule has 0 N–H and O–H groups in total. The third kappa shape index (κ3) is 13.0. The summed E-state index contributed by atoms with van der Waals surface area (Å²) in [6.45, 7) is 19.7. The van der Waals surface area contributed by atoms with Gasteiger partial charge in [-0.1, -0.05) is 71.0 Å². The maximum atomic E-state index is 14.9. The van der Waals surface area contributed by atoms with E-state index in [0.29, 0.717) is 23.1 Å². The van der Waals surface area contributed by atoms with Crippen LogP contribution in [-0.4, -0.2) is 44.9 Å². The number of hydrazone groups is 1. The second-order valence-electron chi connectivity index (χ2n) is 7.88.